The predicted molar refractivity (Wildman–Crippen MR) is 110 cm³/mol. The fraction of sp³-hybridized carbons (Fsp3) is 0.550. The highest BCUT2D eigenvalue weighted by Crippen LogP contribution is 2.43. The predicted octanol–water partition coefficient (Wildman–Crippen LogP) is 2.60. The van der Waals surface area contributed by atoms with E-state index in [1.165, 1.54) is 17.8 Å². The Balaban J connectivity index is 1.25. The third-order valence-electron chi connectivity index (χ3n) is 5.83. The molecule has 7 nitrogen and oxygen atoms in total. The molecular weight excluding hydrogens is 374 g/mol. The third kappa shape index (κ3) is 3.58. The SMILES string of the molecule is O=C(Nc1ccc2nc(C3CC3)sc2c1)N1CCCC(N2CCNCC2=O)C1. The monoisotopic (exact) mass is 399 g/mol. The summed E-state index contributed by atoms with van der Waals surface area (Å²) in [5.41, 5.74) is 1.82. The first-order chi connectivity index (χ1) is 13.7. The lowest BCUT2D eigenvalue weighted by Crippen LogP contribution is -2.57. The van der Waals surface area contributed by atoms with Crippen molar-refractivity contribution in [2.24, 2.45) is 0 Å². The molecule has 8 heteroatoms. The minimum Gasteiger partial charge on any atom is -0.336 e. The number of carbonyl (C=O) groups excluding carboxylic acids is 2. The zero-order valence-corrected chi connectivity index (χ0v) is 16.6. The minimum absolute atomic E-state index is 0.0847. The number of nitrogens with zero attached hydrogens (tertiary/aromatic N) is 3. The number of hydrogen-bond acceptors (Lipinski definition) is 5. The molecule has 1 atom stereocenters. The van der Waals surface area contributed by atoms with Crippen LogP contribution >= 0.6 is 11.3 Å². The number of benzene rings is 1. The third-order valence-corrected chi connectivity index (χ3v) is 7.01. The number of carbonyl (C=O) groups is 2. The average Bonchev–Trinajstić information content (AvgIpc) is 3.48. The van der Waals surface area contributed by atoms with E-state index in [-0.39, 0.29) is 18.0 Å². The van der Waals surface area contributed by atoms with Gasteiger partial charge in [-0.3, -0.25) is 4.79 Å². The molecule has 3 aliphatic rings. The summed E-state index contributed by atoms with van der Waals surface area (Å²) >= 11 is 1.74. The van der Waals surface area contributed by atoms with Gasteiger partial charge in [0, 0.05) is 43.8 Å². The molecule has 1 saturated carbocycles. The highest BCUT2D eigenvalue weighted by molar-refractivity contribution is 7.18. The molecule has 2 saturated heterocycles. The average molecular weight is 400 g/mol. The van der Waals surface area contributed by atoms with Crippen LogP contribution in [0.5, 0.6) is 0 Å². The second-order valence-electron chi connectivity index (χ2n) is 7.95. The van der Waals surface area contributed by atoms with E-state index in [0.717, 1.165) is 48.4 Å². The number of piperazine rings is 1. The summed E-state index contributed by atoms with van der Waals surface area (Å²) in [6, 6.07) is 5.99. The summed E-state index contributed by atoms with van der Waals surface area (Å²) in [6.07, 6.45) is 4.38. The Hall–Kier alpha value is -2.19. The first-order valence-electron chi connectivity index (χ1n) is 10.1. The highest BCUT2D eigenvalue weighted by atomic mass is 32.1. The molecule has 1 aromatic heterocycles. The Labute approximate surface area is 168 Å². The Morgan fingerprint density at radius 3 is 2.96 bits per heavy atom. The van der Waals surface area contributed by atoms with E-state index in [4.69, 9.17) is 4.98 Å². The van der Waals surface area contributed by atoms with Crippen molar-refractivity contribution in [1.29, 1.82) is 0 Å². The van der Waals surface area contributed by atoms with Crippen molar-refractivity contribution in [3.05, 3.63) is 23.2 Å². The molecule has 3 amide bonds. The first-order valence-corrected chi connectivity index (χ1v) is 11.0. The summed E-state index contributed by atoms with van der Waals surface area (Å²) in [6.45, 7) is 3.29. The van der Waals surface area contributed by atoms with E-state index in [0.29, 0.717) is 19.0 Å². The van der Waals surface area contributed by atoms with Gasteiger partial charge in [0.05, 0.1) is 21.8 Å². The number of amides is 3. The fourth-order valence-corrected chi connectivity index (χ4v) is 5.30. The van der Waals surface area contributed by atoms with E-state index >= 15 is 0 Å². The maximum absolute atomic E-state index is 12.8. The van der Waals surface area contributed by atoms with Crippen LogP contribution in [-0.4, -0.2) is 65.5 Å². The minimum atomic E-state index is -0.0847. The van der Waals surface area contributed by atoms with Gasteiger partial charge in [-0.05, 0) is 43.9 Å². The van der Waals surface area contributed by atoms with Crippen molar-refractivity contribution in [3.63, 3.8) is 0 Å². The van der Waals surface area contributed by atoms with Gasteiger partial charge in [0.1, 0.15) is 0 Å². The molecule has 2 N–H and O–H groups in total. The Morgan fingerprint density at radius 2 is 2.14 bits per heavy atom. The van der Waals surface area contributed by atoms with Gasteiger partial charge in [-0.15, -0.1) is 11.3 Å². The molecule has 148 valence electrons. The van der Waals surface area contributed by atoms with Crippen LogP contribution in [-0.2, 0) is 4.79 Å². The largest absolute Gasteiger partial charge is 0.336 e. The number of urea groups is 1. The molecule has 1 aromatic carbocycles. The van der Waals surface area contributed by atoms with Crippen LogP contribution < -0.4 is 10.6 Å². The molecular formula is C20H25N5O2S. The molecule has 3 heterocycles. The summed E-state index contributed by atoms with van der Waals surface area (Å²) in [7, 11) is 0. The maximum Gasteiger partial charge on any atom is 0.321 e. The zero-order chi connectivity index (χ0) is 19.1. The first kappa shape index (κ1) is 17.9. The molecule has 0 bridgehead atoms. The van der Waals surface area contributed by atoms with Crippen LogP contribution in [0.4, 0.5) is 10.5 Å². The number of fused-ring (bicyclic) bond motifs is 1. The Bertz CT molecular complexity index is 909. The smallest absolute Gasteiger partial charge is 0.321 e. The quantitative estimate of drug-likeness (QED) is 0.832. The van der Waals surface area contributed by atoms with Crippen LogP contribution in [0, 0.1) is 0 Å². The second kappa shape index (κ2) is 7.33. The molecule has 1 aliphatic carbocycles. The molecule has 28 heavy (non-hydrogen) atoms. The number of aromatic nitrogens is 1. The Kier molecular flexibility index (Phi) is 4.68. The van der Waals surface area contributed by atoms with Gasteiger partial charge < -0.3 is 20.4 Å². The lowest BCUT2D eigenvalue weighted by atomic mass is 10.0. The van der Waals surface area contributed by atoms with Crippen LogP contribution in [0.3, 0.4) is 0 Å². The van der Waals surface area contributed by atoms with Crippen molar-refractivity contribution in [1.82, 2.24) is 20.1 Å². The molecule has 3 fully saturated rings. The van der Waals surface area contributed by atoms with E-state index in [2.05, 4.69) is 10.6 Å². The number of nitrogens with one attached hydrogen (secondary N) is 2. The molecule has 2 aromatic rings. The van der Waals surface area contributed by atoms with Crippen LogP contribution in [0.2, 0.25) is 0 Å². The number of hydrogen-bond donors (Lipinski definition) is 2. The summed E-state index contributed by atoms with van der Waals surface area (Å²) in [5.74, 6) is 0.786. The van der Waals surface area contributed by atoms with Crippen molar-refractivity contribution >= 4 is 39.2 Å². The summed E-state index contributed by atoms with van der Waals surface area (Å²) in [4.78, 5) is 33.5. The van der Waals surface area contributed by atoms with Crippen molar-refractivity contribution in [2.45, 2.75) is 37.6 Å². The number of likely N-dealkylation sites (tertiary alicyclic amines) is 1. The highest BCUT2D eigenvalue weighted by Gasteiger charge is 2.32. The van der Waals surface area contributed by atoms with Crippen LogP contribution in [0.25, 0.3) is 10.2 Å². The summed E-state index contributed by atoms with van der Waals surface area (Å²) in [5, 5.41) is 7.37. The van der Waals surface area contributed by atoms with Crippen molar-refractivity contribution < 1.29 is 9.59 Å². The van der Waals surface area contributed by atoms with E-state index in [9.17, 15) is 9.59 Å². The number of thiazole rings is 1. The van der Waals surface area contributed by atoms with Gasteiger partial charge in [-0.1, -0.05) is 0 Å². The molecule has 0 radical (unpaired) electrons. The second-order valence-corrected chi connectivity index (χ2v) is 9.01. The molecule has 0 spiro atoms. The number of anilines is 1. The van der Waals surface area contributed by atoms with E-state index < -0.39 is 0 Å². The van der Waals surface area contributed by atoms with Gasteiger partial charge in [0.25, 0.3) is 0 Å². The van der Waals surface area contributed by atoms with Gasteiger partial charge in [0.15, 0.2) is 0 Å². The number of rotatable bonds is 3. The van der Waals surface area contributed by atoms with E-state index in [1.54, 1.807) is 11.3 Å². The summed E-state index contributed by atoms with van der Waals surface area (Å²) < 4.78 is 1.13. The molecule has 1 unspecified atom stereocenters. The van der Waals surface area contributed by atoms with Crippen LogP contribution in [0.15, 0.2) is 18.2 Å². The lowest BCUT2D eigenvalue weighted by molar-refractivity contribution is -0.135. The van der Waals surface area contributed by atoms with Gasteiger partial charge in [-0.2, -0.15) is 0 Å². The maximum atomic E-state index is 12.8. The normalized spacial score (nSPS) is 23.3. The van der Waals surface area contributed by atoms with Gasteiger partial charge in [0.2, 0.25) is 5.91 Å². The fourth-order valence-electron chi connectivity index (χ4n) is 4.13. The zero-order valence-electron chi connectivity index (χ0n) is 15.8. The van der Waals surface area contributed by atoms with Crippen molar-refractivity contribution in [2.75, 3.05) is 38.0 Å². The number of piperidine rings is 1. The molecule has 2 aliphatic heterocycles. The standard InChI is InChI=1S/C20H25N5O2S/c26-18-11-21-7-9-25(18)15-2-1-8-24(12-15)20(27)22-14-5-6-16-17(10-14)28-19(23-16)13-3-4-13/h5-6,10,13,15,21H,1-4,7-9,11-12H2,(H,22,27). The molecule has 5 rings (SSSR count). The van der Waals surface area contributed by atoms with Gasteiger partial charge >= 0.3 is 6.03 Å². The lowest BCUT2D eigenvalue weighted by Gasteiger charge is -2.41. The van der Waals surface area contributed by atoms with Crippen LogP contribution in [0.1, 0.15) is 36.6 Å². The topological polar surface area (TPSA) is 77.6 Å². The van der Waals surface area contributed by atoms with Crippen molar-refractivity contribution in [3.8, 4) is 0 Å². The van der Waals surface area contributed by atoms with E-state index in [1.807, 2.05) is 28.0 Å². The van der Waals surface area contributed by atoms with Gasteiger partial charge in [-0.25, -0.2) is 9.78 Å². The Morgan fingerprint density at radius 1 is 1.25 bits per heavy atom.